The van der Waals surface area contributed by atoms with Crippen LogP contribution in [0.4, 0.5) is 10.5 Å². The molecule has 0 aliphatic rings. The Morgan fingerprint density at radius 1 is 1.26 bits per heavy atom. The van der Waals surface area contributed by atoms with Crippen LogP contribution in [-0.4, -0.2) is 40.1 Å². The van der Waals surface area contributed by atoms with E-state index in [0.717, 1.165) is 12.8 Å². The number of pyridine rings is 1. The minimum Gasteiger partial charge on any atom is -0.478 e. The van der Waals surface area contributed by atoms with Crippen molar-refractivity contribution in [1.29, 1.82) is 0 Å². The molecule has 0 spiro atoms. The van der Waals surface area contributed by atoms with Gasteiger partial charge in [-0.25, -0.2) is 9.59 Å². The van der Waals surface area contributed by atoms with E-state index in [1.165, 1.54) is 18.5 Å². The summed E-state index contributed by atoms with van der Waals surface area (Å²) in [5, 5.41) is 11.5. The van der Waals surface area contributed by atoms with E-state index in [-0.39, 0.29) is 11.6 Å². The van der Waals surface area contributed by atoms with Crippen LogP contribution in [0.25, 0.3) is 0 Å². The average molecular weight is 265 g/mol. The third kappa shape index (κ3) is 4.57. The fourth-order valence-electron chi connectivity index (χ4n) is 1.68. The smallest absolute Gasteiger partial charge is 0.337 e. The van der Waals surface area contributed by atoms with Crippen molar-refractivity contribution in [3.63, 3.8) is 0 Å². The van der Waals surface area contributed by atoms with Crippen molar-refractivity contribution in [2.24, 2.45) is 0 Å². The number of carboxylic acids is 1. The lowest BCUT2D eigenvalue weighted by Gasteiger charge is -2.21. The van der Waals surface area contributed by atoms with E-state index >= 15 is 0 Å². The van der Waals surface area contributed by atoms with Gasteiger partial charge in [-0.05, 0) is 18.9 Å². The number of carbonyl (C=O) groups is 2. The van der Waals surface area contributed by atoms with Gasteiger partial charge in [0.15, 0.2) is 0 Å². The van der Waals surface area contributed by atoms with E-state index in [2.05, 4.69) is 10.3 Å². The summed E-state index contributed by atoms with van der Waals surface area (Å²) in [7, 11) is 0. The zero-order chi connectivity index (χ0) is 14.3. The summed E-state index contributed by atoms with van der Waals surface area (Å²) >= 11 is 0. The van der Waals surface area contributed by atoms with Gasteiger partial charge in [0.25, 0.3) is 0 Å². The molecule has 0 fully saturated rings. The highest BCUT2D eigenvalue weighted by atomic mass is 16.4. The normalized spacial score (nSPS) is 10.0. The van der Waals surface area contributed by atoms with E-state index in [1.807, 2.05) is 13.8 Å². The lowest BCUT2D eigenvalue weighted by molar-refractivity contribution is 0.0696. The summed E-state index contributed by atoms with van der Waals surface area (Å²) < 4.78 is 0. The minimum absolute atomic E-state index is 0.0512. The number of anilines is 1. The monoisotopic (exact) mass is 265 g/mol. The molecule has 1 rings (SSSR count). The molecule has 0 aliphatic carbocycles. The highest BCUT2D eigenvalue weighted by Gasteiger charge is 2.12. The number of amides is 2. The Hall–Kier alpha value is -2.11. The number of hydrogen-bond acceptors (Lipinski definition) is 3. The Bertz CT molecular complexity index is 443. The van der Waals surface area contributed by atoms with Gasteiger partial charge in [-0.1, -0.05) is 13.8 Å². The first-order valence-corrected chi connectivity index (χ1v) is 6.32. The van der Waals surface area contributed by atoms with Crippen LogP contribution in [0.15, 0.2) is 18.5 Å². The van der Waals surface area contributed by atoms with E-state index in [1.54, 1.807) is 4.90 Å². The molecule has 0 aromatic carbocycles. The molecule has 0 unspecified atom stereocenters. The third-order valence-corrected chi connectivity index (χ3v) is 2.51. The molecular formula is C13H19N3O3. The lowest BCUT2D eigenvalue weighted by Crippen LogP contribution is -2.36. The first-order chi connectivity index (χ1) is 9.08. The molecule has 0 saturated heterocycles. The summed E-state index contributed by atoms with van der Waals surface area (Å²) in [6.07, 6.45) is 4.43. The summed E-state index contributed by atoms with van der Waals surface area (Å²) in [5.74, 6) is -1.07. The van der Waals surface area contributed by atoms with Crippen molar-refractivity contribution >= 4 is 17.7 Å². The zero-order valence-corrected chi connectivity index (χ0v) is 11.2. The van der Waals surface area contributed by atoms with E-state index in [9.17, 15) is 9.59 Å². The Labute approximate surface area is 112 Å². The second-order valence-electron chi connectivity index (χ2n) is 4.18. The molecule has 6 heteroatoms. The number of rotatable bonds is 6. The SMILES string of the molecule is CCCN(CCC)C(=O)Nc1cncc(C(=O)O)c1. The predicted molar refractivity (Wildman–Crippen MR) is 72.4 cm³/mol. The second kappa shape index (κ2) is 7.35. The van der Waals surface area contributed by atoms with E-state index < -0.39 is 5.97 Å². The zero-order valence-electron chi connectivity index (χ0n) is 11.2. The second-order valence-corrected chi connectivity index (χ2v) is 4.18. The quantitative estimate of drug-likeness (QED) is 0.827. The van der Waals surface area contributed by atoms with Crippen LogP contribution < -0.4 is 5.32 Å². The number of nitrogens with one attached hydrogen (secondary N) is 1. The van der Waals surface area contributed by atoms with Crippen molar-refractivity contribution in [2.75, 3.05) is 18.4 Å². The lowest BCUT2D eigenvalue weighted by atomic mass is 10.2. The molecule has 19 heavy (non-hydrogen) atoms. The topological polar surface area (TPSA) is 82.5 Å². The molecule has 1 heterocycles. The fraction of sp³-hybridized carbons (Fsp3) is 0.462. The van der Waals surface area contributed by atoms with Crippen LogP contribution in [0, 0.1) is 0 Å². The number of urea groups is 1. The van der Waals surface area contributed by atoms with E-state index in [0.29, 0.717) is 18.8 Å². The van der Waals surface area contributed by atoms with Crippen LogP contribution in [0.2, 0.25) is 0 Å². The average Bonchev–Trinajstić information content (AvgIpc) is 2.38. The van der Waals surface area contributed by atoms with Crippen LogP contribution >= 0.6 is 0 Å². The summed E-state index contributed by atoms with van der Waals surface area (Å²) in [4.78, 5) is 28.3. The summed E-state index contributed by atoms with van der Waals surface area (Å²) in [6, 6.07) is 1.16. The molecule has 0 radical (unpaired) electrons. The highest BCUT2D eigenvalue weighted by Crippen LogP contribution is 2.10. The number of carboxylic acid groups (broad SMARTS) is 1. The largest absolute Gasteiger partial charge is 0.478 e. The highest BCUT2D eigenvalue weighted by molar-refractivity contribution is 5.92. The first-order valence-electron chi connectivity index (χ1n) is 6.32. The Morgan fingerprint density at radius 3 is 2.42 bits per heavy atom. The predicted octanol–water partition coefficient (Wildman–Crippen LogP) is 2.43. The first kappa shape index (κ1) is 14.9. The molecule has 2 amide bonds. The molecule has 1 aromatic heterocycles. The van der Waals surface area contributed by atoms with Gasteiger partial charge in [0.2, 0.25) is 0 Å². The van der Waals surface area contributed by atoms with Crippen molar-refractivity contribution in [2.45, 2.75) is 26.7 Å². The van der Waals surface area contributed by atoms with Crippen molar-refractivity contribution < 1.29 is 14.7 Å². The Morgan fingerprint density at radius 2 is 1.89 bits per heavy atom. The van der Waals surface area contributed by atoms with Crippen LogP contribution in [0.1, 0.15) is 37.0 Å². The van der Waals surface area contributed by atoms with Crippen LogP contribution in [0.5, 0.6) is 0 Å². The van der Waals surface area contributed by atoms with Gasteiger partial charge >= 0.3 is 12.0 Å². The maximum Gasteiger partial charge on any atom is 0.337 e. The Kier molecular flexibility index (Phi) is 5.78. The third-order valence-electron chi connectivity index (χ3n) is 2.51. The van der Waals surface area contributed by atoms with Crippen molar-refractivity contribution in [3.8, 4) is 0 Å². The maximum absolute atomic E-state index is 12.0. The van der Waals surface area contributed by atoms with Gasteiger partial charge in [0, 0.05) is 19.3 Å². The van der Waals surface area contributed by atoms with E-state index in [4.69, 9.17) is 5.11 Å². The molecule has 0 bridgehead atoms. The van der Waals surface area contributed by atoms with Crippen LogP contribution in [0.3, 0.4) is 0 Å². The molecule has 0 saturated carbocycles. The number of carbonyl (C=O) groups excluding carboxylic acids is 1. The number of aromatic nitrogens is 1. The molecule has 0 atom stereocenters. The van der Waals surface area contributed by atoms with Gasteiger partial charge in [0.05, 0.1) is 17.4 Å². The summed E-state index contributed by atoms with van der Waals surface area (Å²) in [6.45, 7) is 5.35. The fourth-order valence-corrected chi connectivity index (χ4v) is 1.68. The van der Waals surface area contributed by atoms with Gasteiger partial charge in [0.1, 0.15) is 0 Å². The van der Waals surface area contributed by atoms with Crippen LogP contribution in [-0.2, 0) is 0 Å². The maximum atomic E-state index is 12.0. The molecule has 1 aromatic rings. The number of nitrogens with zero attached hydrogens (tertiary/aromatic N) is 2. The van der Waals surface area contributed by atoms with Gasteiger partial charge in [-0.3, -0.25) is 4.98 Å². The molecule has 104 valence electrons. The standard InChI is InChI=1S/C13H19N3O3/c1-3-5-16(6-4-2)13(19)15-11-7-10(12(17)18)8-14-9-11/h7-9H,3-6H2,1-2H3,(H,15,19)(H,17,18). The molecule has 0 aliphatic heterocycles. The molecule has 6 nitrogen and oxygen atoms in total. The van der Waals surface area contributed by atoms with Crippen molar-refractivity contribution in [3.05, 3.63) is 24.0 Å². The Balaban J connectivity index is 2.74. The van der Waals surface area contributed by atoms with Crippen molar-refractivity contribution in [1.82, 2.24) is 9.88 Å². The molecular weight excluding hydrogens is 246 g/mol. The molecule has 2 N–H and O–H groups in total. The van der Waals surface area contributed by atoms with Gasteiger partial charge in [-0.15, -0.1) is 0 Å². The minimum atomic E-state index is -1.07. The number of hydrogen-bond donors (Lipinski definition) is 2. The number of aromatic carboxylic acids is 1. The summed E-state index contributed by atoms with van der Waals surface area (Å²) in [5.41, 5.74) is 0.442. The van der Waals surface area contributed by atoms with Gasteiger partial charge in [-0.2, -0.15) is 0 Å². The van der Waals surface area contributed by atoms with Gasteiger partial charge < -0.3 is 15.3 Å².